The number of rotatable bonds is 7. The Balaban J connectivity index is 1.67. The summed E-state index contributed by atoms with van der Waals surface area (Å²) in [6.07, 6.45) is 1.47. The second-order valence-corrected chi connectivity index (χ2v) is 7.95. The van der Waals surface area contributed by atoms with Gasteiger partial charge in [-0.25, -0.2) is 13.1 Å². The molecule has 2 N–H and O–H groups in total. The number of carbonyl (C=O) groups excluding carboxylic acids is 1. The molecule has 0 aliphatic carbocycles. The highest BCUT2D eigenvalue weighted by atomic mass is 35.5. The summed E-state index contributed by atoms with van der Waals surface area (Å²) in [5, 5.41) is 3.33. The summed E-state index contributed by atoms with van der Waals surface area (Å²) in [5.41, 5.74) is 1.10. The SMILES string of the molecule is O=C(NCc1cccc(Cl)c1)c1cccc(S(=O)(=O)NCc2ccco2)c1. The van der Waals surface area contributed by atoms with Crippen LogP contribution in [-0.4, -0.2) is 14.3 Å². The average molecular weight is 405 g/mol. The zero-order valence-corrected chi connectivity index (χ0v) is 15.8. The van der Waals surface area contributed by atoms with Gasteiger partial charge in [-0.15, -0.1) is 0 Å². The van der Waals surface area contributed by atoms with Crippen molar-refractivity contribution >= 4 is 27.5 Å². The molecule has 1 amide bonds. The zero-order chi connectivity index (χ0) is 19.3. The Kier molecular flexibility index (Phi) is 5.95. The Morgan fingerprint density at radius 2 is 1.81 bits per heavy atom. The third kappa shape index (κ3) is 5.19. The van der Waals surface area contributed by atoms with Crippen LogP contribution in [0.25, 0.3) is 0 Å². The Bertz CT molecular complexity index is 1030. The lowest BCUT2D eigenvalue weighted by molar-refractivity contribution is 0.0950. The fourth-order valence-electron chi connectivity index (χ4n) is 2.40. The number of amides is 1. The predicted molar refractivity (Wildman–Crippen MR) is 102 cm³/mol. The highest BCUT2D eigenvalue weighted by molar-refractivity contribution is 7.89. The third-order valence-corrected chi connectivity index (χ3v) is 5.40. The smallest absolute Gasteiger partial charge is 0.251 e. The number of nitrogens with one attached hydrogen (secondary N) is 2. The maximum atomic E-state index is 12.4. The van der Waals surface area contributed by atoms with Gasteiger partial charge in [0.25, 0.3) is 5.91 Å². The summed E-state index contributed by atoms with van der Waals surface area (Å²) in [6, 6.07) is 16.3. The Morgan fingerprint density at radius 3 is 2.56 bits per heavy atom. The van der Waals surface area contributed by atoms with Gasteiger partial charge in [-0.3, -0.25) is 4.79 Å². The minimum atomic E-state index is -3.77. The molecule has 140 valence electrons. The van der Waals surface area contributed by atoms with Crippen molar-refractivity contribution in [1.82, 2.24) is 10.0 Å². The number of benzene rings is 2. The maximum Gasteiger partial charge on any atom is 0.251 e. The molecule has 1 aromatic heterocycles. The van der Waals surface area contributed by atoms with E-state index in [1.165, 1.54) is 24.5 Å². The zero-order valence-electron chi connectivity index (χ0n) is 14.2. The topological polar surface area (TPSA) is 88.4 Å². The second kappa shape index (κ2) is 8.39. The maximum absolute atomic E-state index is 12.4. The van der Waals surface area contributed by atoms with E-state index in [4.69, 9.17) is 16.0 Å². The van der Waals surface area contributed by atoms with E-state index in [0.717, 1.165) is 5.56 Å². The van der Waals surface area contributed by atoms with Crippen molar-refractivity contribution in [2.45, 2.75) is 18.0 Å². The first kappa shape index (κ1) is 19.2. The summed E-state index contributed by atoms with van der Waals surface area (Å²) in [5.74, 6) is 0.118. The lowest BCUT2D eigenvalue weighted by Gasteiger charge is -2.09. The van der Waals surface area contributed by atoms with Gasteiger partial charge < -0.3 is 9.73 Å². The molecule has 0 bridgehead atoms. The lowest BCUT2D eigenvalue weighted by Crippen LogP contribution is -2.25. The highest BCUT2D eigenvalue weighted by Crippen LogP contribution is 2.14. The van der Waals surface area contributed by atoms with Crippen LogP contribution in [0.3, 0.4) is 0 Å². The first-order valence-electron chi connectivity index (χ1n) is 8.09. The van der Waals surface area contributed by atoms with Crippen LogP contribution in [0.1, 0.15) is 21.7 Å². The van der Waals surface area contributed by atoms with Crippen molar-refractivity contribution < 1.29 is 17.6 Å². The number of furan rings is 1. The number of sulfonamides is 1. The standard InChI is InChI=1S/C19H17ClN2O4S/c20-16-6-1-4-14(10-16)12-21-19(23)15-5-2-8-18(11-15)27(24,25)22-13-17-7-3-9-26-17/h1-11,22H,12-13H2,(H,21,23). The lowest BCUT2D eigenvalue weighted by atomic mass is 10.2. The largest absolute Gasteiger partial charge is 0.468 e. The first-order valence-corrected chi connectivity index (χ1v) is 9.95. The number of hydrogen-bond donors (Lipinski definition) is 2. The number of halogens is 1. The van der Waals surface area contributed by atoms with Gasteiger partial charge in [-0.1, -0.05) is 29.8 Å². The van der Waals surface area contributed by atoms with E-state index in [9.17, 15) is 13.2 Å². The minimum Gasteiger partial charge on any atom is -0.468 e. The fourth-order valence-corrected chi connectivity index (χ4v) is 3.65. The molecule has 6 nitrogen and oxygen atoms in total. The van der Waals surface area contributed by atoms with Crippen LogP contribution >= 0.6 is 11.6 Å². The molecule has 1 heterocycles. The van der Waals surface area contributed by atoms with E-state index in [2.05, 4.69) is 10.0 Å². The van der Waals surface area contributed by atoms with E-state index < -0.39 is 10.0 Å². The van der Waals surface area contributed by atoms with Gasteiger partial charge in [0, 0.05) is 17.1 Å². The molecule has 0 spiro atoms. The van der Waals surface area contributed by atoms with Gasteiger partial charge >= 0.3 is 0 Å². The number of hydrogen-bond acceptors (Lipinski definition) is 4. The first-order chi connectivity index (χ1) is 12.9. The van der Waals surface area contributed by atoms with Crippen molar-refractivity contribution in [3.8, 4) is 0 Å². The molecule has 2 aromatic carbocycles. The molecule has 27 heavy (non-hydrogen) atoms. The van der Waals surface area contributed by atoms with Crippen LogP contribution in [0.2, 0.25) is 5.02 Å². The van der Waals surface area contributed by atoms with Crippen LogP contribution in [-0.2, 0) is 23.1 Å². The highest BCUT2D eigenvalue weighted by Gasteiger charge is 2.16. The molecule has 3 rings (SSSR count). The molecule has 0 fully saturated rings. The van der Waals surface area contributed by atoms with Crippen LogP contribution in [0.5, 0.6) is 0 Å². The van der Waals surface area contributed by atoms with Gasteiger partial charge in [-0.2, -0.15) is 0 Å². The summed E-state index contributed by atoms with van der Waals surface area (Å²) in [4.78, 5) is 12.4. The molecular formula is C19H17ClN2O4S. The quantitative estimate of drug-likeness (QED) is 0.632. The minimum absolute atomic E-state index is 0.00413. The predicted octanol–water partition coefficient (Wildman–Crippen LogP) is 3.34. The molecule has 0 aliphatic heterocycles. The second-order valence-electron chi connectivity index (χ2n) is 5.74. The van der Waals surface area contributed by atoms with Crippen LogP contribution in [0.4, 0.5) is 0 Å². The summed E-state index contributed by atoms with van der Waals surface area (Å²) in [7, 11) is -3.77. The van der Waals surface area contributed by atoms with Crippen LogP contribution in [0, 0.1) is 0 Å². The molecule has 0 saturated heterocycles. The molecule has 3 aromatic rings. The summed E-state index contributed by atoms with van der Waals surface area (Å²) >= 11 is 5.92. The molecule has 0 saturated carbocycles. The van der Waals surface area contributed by atoms with E-state index in [0.29, 0.717) is 10.8 Å². The molecule has 0 unspecified atom stereocenters. The van der Waals surface area contributed by atoms with E-state index in [1.807, 2.05) is 6.07 Å². The molecule has 8 heteroatoms. The van der Waals surface area contributed by atoms with Crippen molar-refractivity contribution in [2.75, 3.05) is 0 Å². The summed E-state index contributed by atoms with van der Waals surface area (Å²) in [6.45, 7) is 0.313. The third-order valence-electron chi connectivity index (χ3n) is 3.77. The van der Waals surface area contributed by atoms with Crippen molar-refractivity contribution in [2.24, 2.45) is 0 Å². The average Bonchev–Trinajstić information content (AvgIpc) is 3.18. The van der Waals surface area contributed by atoms with Gasteiger partial charge in [0.15, 0.2) is 0 Å². The Labute approximate surface area is 162 Å². The molecule has 0 radical (unpaired) electrons. The van der Waals surface area contributed by atoms with Crippen LogP contribution in [0.15, 0.2) is 76.2 Å². The summed E-state index contributed by atoms with van der Waals surface area (Å²) < 4.78 is 32.4. The van der Waals surface area contributed by atoms with E-state index in [1.54, 1.807) is 36.4 Å². The van der Waals surface area contributed by atoms with Crippen LogP contribution < -0.4 is 10.0 Å². The van der Waals surface area contributed by atoms with Gasteiger partial charge in [-0.05, 0) is 48.0 Å². The Hall–Kier alpha value is -2.61. The van der Waals surface area contributed by atoms with E-state index in [-0.39, 0.29) is 29.5 Å². The van der Waals surface area contributed by atoms with E-state index >= 15 is 0 Å². The molecular weight excluding hydrogens is 388 g/mol. The monoisotopic (exact) mass is 404 g/mol. The van der Waals surface area contributed by atoms with Gasteiger partial charge in [0.05, 0.1) is 17.7 Å². The molecule has 0 atom stereocenters. The van der Waals surface area contributed by atoms with Gasteiger partial charge in [0.1, 0.15) is 5.76 Å². The van der Waals surface area contributed by atoms with Crippen molar-refractivity contribution in [3.63, 3.8) is 0 Å². The number of carbonyl (C=O) groups is 1. The molecule has 0 aliphatic rings. The van der Waals surface area contributed by atoms with Gasteiger partial charge in [0.2, 0.25) is 10.0 Å². The van der Waals surface area contributed by atoms with Crippen molar-refractivity contribution in [3.05, 3.63) is 88.8 Å². The normalized spacial score (nSPS) is 11.3. The fraction of sp³-hybridized carbons (Fsp3) is 0.105. The van der Waals surface area contributed by atoms with Crippen molar-refractivity contribution in [1.29, 1.82) is 0 Å². The Morgan fingerprint density at radius 1 is 1.00 bits per heavy atom.